The summed E-state index contributed by atoms with van der Waals surface area (Å²) >= 11 is 0. The van der Waals surface area contributed by atoms with Crippen molar-refractivity contribution in [3.8, 4) is 0 Å². The molecule has 64 heavy (non-hydrogen) atoms. The van der Waals surface area contributed by atoms with Gasteiger partial charge in [-0.3, -0.25) is 7.32 Å². The monoisotopic (exact) mass is 948 g/mol. The second-order valence-electron chi connectivity index (χ2n) is 18.3. The molecule has 0 aromatic rings. The molecule has 406 valence electrons. The van der Waals surface area contributed by atoms with E-state index in [1.165, 1.54) is 169 Å². The zero-order chi connectivity index (χ0) is 49.9. The summed E-state index contributed by atoms with van der Waals surface area (Å²) in [5.74, 6) is 0. The molecule has 0 rings (SSSR count). The Bertz CT molecular complexity index is 593. The van der Waals surface area contributed by atoms with Gasteiger partial charge in [-0.2, -0.15) is 0 Å². The van der Waals surface area contributed by atoms with Crippen LogP contribution in [-0.4, -0.2) is 225 Å². The standard InChI is InChI=1S/7C7H18N.BO3.4FH/c7*1-5-8(4,6-2)7-3;2-1(3)4;;;;/h7*5-7H2,1-4H3;;4*1H/q7*+1;-3;;;;/p-4. The van der Waals surface area contributed by atoms with E-state index in [4.69, 9.17) is 15.1 Å². The van der Waals surface area contributed by atoms with Crippen LogP contribution in [0.2, 0.25) is 0 Å². The lowest BCUT2D eigenvalue weighted by molar-refractivity contribution is -0.904. The molecule has 0 heterocycles. The quantitative estimate of drug-likeness (QED) is 0.0657. The maximum Gasteiger partial charge on any atom is 0.0755 e. The van der Waals surface area contributed by atoms with E-state index in [0.717, 1.165) is 0 Å². The first-order valence-corrected chi connectivity index (χ1v) is 25.3. The van der Waals surface area contributed by atoms with Gasteiger partial charge in [-0.15, -0.1) is 0 Å². The predicted molar refractivity (Wildman–Crippen MR) is 270 cm³/mol. The Balaban J connectivity index is -0.0000000481. The molecular weight excluding hydrogens is 821 g/mol. The molecule has 15 heteroatoms. The molecule has 0 saturated heterocycles. The highest BCUT2D eigenvalue weighted by atomic mass is 19.0. The van der Waals surface area contributed by atoms with Crippen molar-refractivity contribution in [3.63, 3.8) is 0 Å². The van der Waals surface area contributed by atoms with E-state index in [-0.39, 0.29) is 18.8 Å². The molecule has 0 N–H and O–H groups in total. The Labute approximate surface area is 403 Å². The minimum Gasteiger partial charge on any atom is -1.00 e. The number of halogens is 4. The summed E-state index contributed by atoms with van der Waals surface area (Å²) < 4.78 is 8.46. The number of hydrogen-bond donors (Lipinski definition) is 0. The van der Waals surface area contributed by atoms with Crippen LogP contribution in [0.15, 0.2) is 0 Å². The van der Waals surface area contributed by atoms with Gasteiger partial charge in [-0.25, -0.2) is 0 Å². The Morgan fingerprint density at radius 1 is 0.188 bits per heavy atom. The topological polar surface area (TPSA) is 69.2 Å². The van der Waals surface area contributed by atoms with Crippen molar-refractivity contribution in [2.45, 2.75) is 145 Å². The van der Waals surface area contributed by atoms with Crippen LogP contribution in [0, 0.1) is 0 Å². The van der Waals surface area contributed by atoms with Crippen LogP contribution in [0.5, 0.6) is 0 Å². The summed E-state index contributed by atoms with van der Waals surface area (Å²) in [6.45, 7) is 73.5. The summed E-state index contributed by atoms with van der Waals surface area (Å²) in [6.07, 6.45) is 0. The summed E-state index contributed by atoms with van der Waals surface area (Å²) in [5, 5.41) is 25.2. The minimum atomic E-state index is -2.92. The Kier molecular flexibility index (Phi) is 80.3. The summed E-state index contributed by atoms with van der Waals surface area (Å²) in [5.41, 5.74) is 0. The molecular formula is C49H126BF4N7O3. The van der Waals surface area contributed by atoms with Crippen molar-refractivity contribution in [3.05, 3.63) is 0 Å². The lowest BCUT2D eigenvalue weighted by atomic mass is 10.3. The van der Waals surface area contributed by atoms with E-state index in [0.29, 0.717) is 0 Å². The van der Waals surface area contributed by atoms with Gasteiger partial charge < -0.3 is 65.3 Å². The molecule has 0 radical (unpaired) electrons. The Hall–Kier alpha value is -0.615. The lowest BCUT2D eigenvalue weighted by Crippen LogP contribution is -3.00. The zero-order valence-corrected chi connectivity index (χ0v) is 49.3. The first-order valence-electron chi connectivity index (χ1n) is 25.3. The fraction of sp³-hybridized carbons (Fsp3) is 1.00. The van der Waals surface area contributed by atoms with Gasteiger partial charge in [-0.1, -0.05) is 0 Å². The fourth-order valence-electron chi connectivity index (χ4n) is 4.70. The Morgan fingerprint density at radius 2 is 0.219 bits per heavy atom. The molecule has 0 unspecified atom stereocenters. The number of nitrogens with zero attached hydrogens (tertiary/aromatic N) is 7. The highest BCUT2D eigenvalue weighted by Crippen LogP contribution is 2.01. The largest absolute Gasteiger partial charge is 1.00 e. The molecule has 0 aromatic carbocycles. The molecule has 0 saturated carbocycles. The van der Waals surface area contributed by atoms with Crippen LogP contribution in [0.25, 0.3) is 0 Å². The van der Waals surface area contributed by atoms with Gasteiger partial charge in [0, 0.05) is 0 Å². The van der Waals surface area contributed by atoms with Crippen LogP contribution >= 0.6 is 0 Å². The molecule has 0 aliphatic rings. The number of rotatable bonds is 21. The predicted octanol–water partition coefficient (Wildman–Crippen LogP) is -5.48. The average molecular weight is 948 g/mol. The highest BCUT2D eigenvalue weighted by molar-refractivity contribution is 6.24. The van der Waals surface area contributed by atoms with Gasteiger partial charge in [0.05, 0.1) is 187 Å². The highest BCUT2D eigenvalue weighted by Gasteiger charge is 2.14. The van der Waals surface area contributed by atoms with Crippen molar-refractivity contribution in [2.75, 3.05) is 187 Å². The molecule has 0 aliphatic carbocycles. The molecule has 0 fully saturated rings. The van der Waals surface area contributed by atoms with Crippen molar-refractivity contribution in [1.29, 1.82) is 0 Å². The summed E-state index contributed by atoms with van der Waals surface area (Å²) in [4.78, 5) is 0. The first kappa shape index (κ1) is 93.4. The van der Waals surface area contributed by atoms with Gasteiger partial charge in [0.2, 0.25) is 0 Å². The normalized spacial score (nSPS) is 10.9. The van der Waals surface area contributed by atoms with Crippen LogP contribution in [-0.2, 0) is 0 Å². The molecule has 0 atom stereocenters. The van der Waals surface area contributed by atoms with Gasteiger partial charge in [0.1, 0.15) is 0 Å². The lowest BCUT2D eigenvalue weighted by Gasteiger charge is -2.35. The number of quaternary nitrogens is 7. The first-order chi connectivity index (χ1) is 27.5. The smallest absolute Gasteiger partial charge is 0.0755 e. The van der Waals surface area contributed by atoms with Crippen LogP contribution in [0.3, 0.4) is 0 Å². The Morgan fingerprint density at radius 3 is 0.219 bits per heavy atom. The molecule has 0 aliphatic heterocycles. The van der Waals surface area contributed by atoms with E-state index in [9.17, 15) is 0 Å². The van der Waals surface area contributed by atoms with Crippen LogP contribution < -0.4 is 33.9 Å². The van der Waals surface area contributed by atoms with Gasteiger partial charge in [0.15, 0.2) is 0 Å². The van der Waals surface area contributed by atoms with Gasteiger partial charge >= 0.3 is 0 Å². The molecule has 10 nitrogen and oxygen atoms in total. The second-order valence-corrected chi connectivity index (χ2v) is 18.3. The van der Waals surface area contributed by atoms with Crippen molar-refractivity contribution < 1.29 is 65.3 Å². The maximum absolute atomic E-state index is 8.42. The molecule has 0 bridgehead atoms. The zero-order valence-electron chi connectivity index (χ0n) is 49.3. The van der Waals surface area contributed by atoms with Crippen LogP contribution in [0.4, 0.5) is 0 Å². The van der Waals surface area contributed by atoms with Crippen molar-refractivity contribution >= 4 is 7.32 Å². The second kappa shape index (κ2) is 55.0. The minimum absolute atomic E-state index is 0. The van der Waals surface area contributed by atoms with E-state index in [2.05, 4.69) is 195 Å². The van der Waals surface area contributed by atoms with Crippen molar-refractivity contribution in [2.24, 2.45) is 0 Å². The molecule has 0 amide bonds. The van der Waals surface area contributed by atoms with E-state index in [1.54, 1.807) is 0 Å². The van der Waals surface area contributed by atoms with Gasteiger partial charge in [0.25, 0.3) is 0 Å². The summed E-state index contributed by atoms with van der Waals surface area (Å²) in [7, 11) is 13.1. The van der Waals surface area contributed by atoms with E-state index in [1.807, 2.05) is 0 Å². The number of hydrogen-bond acceptors (Lipinski definition) is 3. The third kappa shape index (κ3) is 57.5. The van der Waals surface area contributed by atoms with Crippen molar-refractivity contribution in [1.82, 2.24) is 0 Å². The average Bonchev–Trinajstić information content (AvgIpc) is 3.30. The van der Waals surface area contributed by atoms with Crippen LogP contribution in [0.1, 0.15) is 145 Å². The van der Waals surface area contributed by atoms with E-state index >= 15 is 0 Å². The fourth-order valence-corrected chi connectivity index (χ4v) is 4.70. The summed E-state index contributed by atoms with van der Waals surface area (Å²) in [6, 6.07) is 0. The SMILES string of the molecule is CC[N+](C)(CC)CC.CC[N+](C)(CC)CC.CC[N+](C)(CC)CC.CC[N+](C)(CC)CC.CC[N+](C)(CC)CC.CC[N+](C)(CC)CC.CC[N+](C)(CC)CC.[F-].[F-].[F-].[F-].[O-]B([O-])[O-]. The van der Waals surface area contributed by atoms with Gasteiger partial charge in [-0.05, 0) is 145 Å². The molecule has 0 aromatic heterocycles. The third-order valence-corrected chi connectivity index (χ3v) is 16.0. The maximum atomic E-state index is 8.42. The van der Waals surface area contributed by atoms with E-state index < -0.39 is 7.32 Å². The molecule has 0 spiro atoms. The third-order valence-electron chi connectivity index (χ3n) is 16.0.